The zero-order chi connectivity index (χ0) is 13.6. The van der Waals surface area contributed by atoms with Crippen LogP contribution >= 0.6 is 0 Å². The first-order valence-corrected chi connectivity index (χ1v) is 6.93. The summed E-state index contributed by atoms with van der Waals surface area (Å²) in [6.45, 7) is 6.66. The molecular formula is C13H34N4. The summed E-state index contributed by atoms with van der Waals surface area (Å²) in [6.07, 6.45) is 7.00. The van der Waals surface area contributed by atoms with Crippen molar-refractivity contribution in [1.29, 1.82) is 0 Å². The zero-order valence-electron chi connectivity index (χ0n) is 12.1. The molecule has 17 heavy (non-hydrogen) atoms. The van der Waals surface area contributed by atoms with E-state index >= 15 is 0 Å². The summed E-state index contributed by atoms with van der Waals surface area (Å²) in [6, 6.07) is 0. The Balaban J connectivity index is 0. The van der Waals surface area contributed by atoms with Crippen molar-refractivity contribution < 1.29 is 0 Å². The van der Waals surface area contributed by atoms with Gasteiger partial charge in [0.25, 0.3) is 0 Å². The van der Waals surface area contributed by atoms with E-state index in [2.05, 4.69) is 19.2 Å². The third-order valence-electron chi connectivity index (χ3n) is 2.86. The minimum atomic E-state index is -0.0774. The fourth-order valence-corrected chi connectivity index (χ4v) is 1.53. The molecule has 4 nitrogen and oxygen atoms in total. The highest BCUT2D eigenvalue weighted by atomic mass is 14.8. The number of hydrogen-bond acceptors (Lipinski definition) is 4. The van der Waals surface area contributed by atoms with E-state index in [1.807, 2.05) is 7.05 Å². The number of nitrogens with one attached hydrogen (secondary N) is 1. The Morgan fingerprint density at radius 1 is 1.00 bits per heavy atom. The molecule has 0 spiro atoms. The standard InChI is InChI=1S/C10H24N2.C3H10N2/c1-3-5-7-10(12,9-11)8-6-4-2;1-5-3-2-4/h3-9,11-12H2,1-2H3;5H,2-4H2,1H3. The quantitative estimate of drug-likeness (QED) is 0.492. The number of likely N-dealkylation sites (N-methyl/N-ethyl adjacent to an activating group) is 1. The molecule has 0 fully saturated rings. The highest BCUT2D eigenvalue weighted by Gasteiger charge is 2.20. The largest absolute Gasteiger partial charge is 0.329 e. The van der Waals surface area contributed by atoms with Gasteiger partial charge in [-0.1, -0.05) is 39.5 Å². The van der Waals surface area contributed by atoms with Gasteiger partial charge in [0.2, 0.25) is 0 Å². The Labute approximate surface area is 108 Å². The summed E-state index contributed by atoms with van der Waals surface area (Å²) >= 11 is 0. The predicted octanol–water partition coefficient (Wildman–Crippen LogP) is 1.19. The lowest BCUT2D eigenvalue weighted by Crippen LogP contribution is -2.46. The number of nitrogens with two attached hydrogens (primary N) is 3. The molecule has 0 aliphatic heterocycles. The van der Waals surface area contributed by atoms with Gasteiger partial charge in [0.1, 0.15) is 0 Å². The van der Waals surface area contributed by atoms with Crippen LogP contribution in [0.3, 0.4) is 0 Å². The van der Waals surface area contributed by atoms with Crippen LogP contribution in [0, 0.1) is 0 Å². The highest BCUT2D eigenvalue weighted by molar-refractivity contribution is 4.84. The van der Waals surface area contributed by atoms with Gasteiger partial charge in [0.05, 0.1) is 0 Å². The summed E-state index contributed by atoms with van der Waals surface area (Å²) in [5.41, 5.74) is 16.8. The smallest absolute Gasteiger partial charge is 0.0278 e. The van der Waals surface area contributed by atoms with Gasteiger partial charge in [0.15, 0.2) is 0 Å². The van der Waals surface area contributed by atoms with Gasteiger partial charge in [-0.05, 0) is 19.9 Å². The fourth-order valence-electron chi connectivity index (χ4n) is 1.53. The molecule has 0 aromatic rings. The molecule has 0 rings (SSSR count). The molecule has 0 atom stereocenters. The van der Waals surface area contributed by atoms with Gasteiger partial charge in [-0.25, -0.2) is 0 Å². The van der Waals surface area contributed by atoms with Crippen LogP contribution < -0.4 is 22.5 Å². The van der Waals surface area contributed by atoms with Crippen molar-refractivity contribution in [3.05, 3.63) is 0 Å². The van der Waals surface area contributed by atoms with Crippen LogP contribution in [0.25, 0.3) is 0 Å². The number of hydrogen-bond donors (Lipinski definition) is 4. The van der Waals surface area contributed by atoms with Crippen molar-refractivity contribution in [2.75, 3.05) is 26.7 Å². The maximum Gasteiger partial charge on any atom is 0.0278 e. The van der Waals surface area contributed by atoms with Gasteiger partial charge < -0.3 is 22.5 Å². The maximum atomic E-state index is 6.14. The number of rotatable bonds is 9. The van der Waals surface area contributed by atoms with Crippen LogP contribution in [-0.2, 0) is 0 Å². The van der Waals surface area contributed by atoms with E-state index in [1.54, 1.807) is 0 Å². The van der Waals surface area contributed by atoms with Gasteiger partial charge in [-0.15, -0.1) is 0 Å². The first-order chi connectivity index (χ1) is 8.10. The summed E-state index contributed by atoms with van der Waals surface area (Å²) in [7, 11) is 1.88. The van der Waals surface area contributed by atoms with Crippen LogP contribution in [0.1, 0.15) is 52.4 Å². The Hall–Kier alpha value is -0.160. The lowest BCUT2D eigenvalue weighted by molar-refractivity contribution is 0.352. The zero-order valence-corrected chi connectivity index (χ0v) is 12.1. The summed E-state index contributed by atoms with van der Waals surface area (Å²) in [4.78, 5) is 0. The second kappa shape index (κ2) is 13.9. The number of unbranched alkanes of at least 4 members (excludes halogenated alkanes) is 2. The normalized spacial score (nSPS) is 10.9. The average molecular weight is 246 g/mol. The molecule has 0 saturated carbocycles. The minimum Gasteiger partial charge on any atom is -0.329 e. The predicted molar refractivity (Wildman–Crippen MR) is 78.0 cm³/mol. The van der Waals surface area contributed by atoms with Crippen molar-refractivity contribution in [3.8, 4) is 0 Å². The lowest BCUT2D eigenvalue weighted by atomic mass is 9.88. The van der Waals surface area contributed by atoms with E-state index in [9.17, 15) is 0 Å². The van der Waals surface area contributed by atoms with E-state index in [0.29, 0.717) is 6.54 Å². The Morgan fingerprint density at radius 3 is 1.65 bits per heavy atom. The Morgan fingerprint density at radius 2 is 1.47 bits per heavy atom. The molecule has 0 radical (unpaired) electrons. The molecule has 0 heterocycles. The molecule has 7 N–H and O–H groups in total. The van der Waals surface area contributed by atoms with Crippen LogP contribution in [-0.4, -0.2) is 32.2 Å². The third kappa shape index (κ3) is 13.8. The molecule has 0 unspecified atom stereocenters. The van der Waals surface area contributed by atoms with Crippen molar-refractivity contribution in [3.63, 3.8) is 0 Å². The van der Waals surface area contributed by atoms with Crippen LogP contribution in [0.4, 0.5) is 0 Å². The molecule has 4 heteroatoms. The van der Waals surface area contributed by atoms with E-state index < -0.39 is 0 Å². The first kappa shape index (κ1) is 19.2. The lowest BCUT2D eigenvalue weighted by Gasteiger charge is -2.27. The second-order valence-corrected chi connectivity index (χ2v) is 4.67. The highest BCUT2D eigenvalue weighted by Crippen LogP contribution is 2.17. The monoisotopic (exact) mass is 246 g/mol. The summed E-state index contributed by atoms with van der Waals surface area (Å²) in [5, 5.41) is 2.89. The fraction of sp³-hybridized carbons (Fsp3) is 1.00. The third-order valence-corrected chi connectivity index (χ3v) is 2.86. The second-order valence-electron chi connectivity index (χ2n) is 4.67. The molecule has 0 amide bonds. The maximum absolute atomic E-state index is 6.14. The molecule has 0 aromatic carbocycles. The Kier molecular flexibility index (Phi) is 15.7. The van der Waals surface area contributed by atoms with Crippen molar-refractivity contribution in [1.82, 2.24) is 5.32 Å². The minimum absolute atomic E-state index is 0.0774. The van der Waals surface area contributed by atoms with Crippen molar-refractivity contribution >= 4 is 0 Å². The molecule has 106 valence electrons. The Bertz CT molecular complexity index is 129. The van der Waals surface area contributed by atoms with E-state index in [-0.39, 0.29) is 5.54 Å². The molecule has 0 aliphatic carbocycles. The molecule has 0 bridgehead atoms. The van der Waals surface area contributed by atoms with Gasteiger partial charge >= 0.3 is 0 Å². The first-order valence-electron chi connectivity index (χ1n) is 6.93. The topological polar surface area (TPSA) is 90.1 Å². The van der Waals surface area contributed by atoms with Crippen molar-refractivity contribution in [2.24, 2.45) is 17.2 Å². The van der Waals surface area contributed by atoms with Gasteiger partial charge in [-0.2, -0.15) is 0 Å². The van der Waals surface area contributed by atoms with Gasteiger partial charge in [0, 0.05) is 25.2 Å². The van der Waals surface area contributed by atoms with Gasteiger partial charge in [-0.3, -0.25) is 0 Å². The molecule has 0 saturated heterocycles. The molecular weight excluding hydrogens is 212 g/mol. The van der Waals surface area contributed by atoms with Crippen molar-refractivity contribution in [2.45, 2.75) is 57.9 Å². The SMILES string of the molecule is CCCCC(N)(CN)CCCC.CNCCN. The molecule has 0 aromatic heterocycles. The van der Waals surface area contributed by atoms with E-state index in [0.717, 1.165) is 25.9 Å². The summed E-state index contributed by atoms with van der Waals surface area (Å²) in [5.74, 6) is 0. The average Bonchev–Trinajstić information content (AvgIpc) is 2.36. The van der Waals surface area contributed by atoms with Crippen LogP contribution in [0.5, 0.6) is 0 Å². The van der Waals surface area contributed by atoms with Crippen LogP contribution in [0.15, 0.2) is 0 Å². The summed E-state index contributed by atoms with van der Waals surface area (Å²) < 4.78 is 0. The van der Waals surface area contributed by atoms with Crippen LogP contribution in [0.2, 0.25) is 0 Å². The molecule has 0 aliphatic rings. The van der Waals surface area contributed by atoms with E-state index in [1.165, 1.54) is 25.7 Å². The van der Waals surface area contributed by atoms with E-state index in [4.69, 9.17) is 17.2 Å².